The van der Waals surface area contributed by atoms with Gasteiger partial charge in [-0.3, -0.25) is 4.79 Å². The van der Waals surface area contributed by atoms with Crippen LogP contribution in [0.3, 0.4) is 0 Å². The van der Waals surface area contributed by atoms with E-state index in [-0.39, 0.29) is 12.0 Å². The third kappa shape index (κ3) is 6.36. The third-order valence-corrected chi connectivity index (χ3v) is 3.94. The van der Waals surface area contributed by atoms with Gasteiger partial charge in [-0.05, 0) is 58.8 Å². The van der Waals surface area contributed by atoms with Crippen LogP contribution in [-0.2, 0) is 9.53 Å². The Hall–Kier alpha value is -1.26. The molecular weight excluding hydrogens is 270 g/mol. The summed E-state index contributed by atoms with van der Waals surface area (Å²) >= 11 is 0. The van der Waals surface area contributed by atoms with Crippen LogP contribution in [0.2, 0.25) is 0 Å². The number of aliphatic carboxylic acids is 1. The van der Waals surface area contributed by atoms with Crippen molar-refractivity contribution in [2.24, 2.45) is 11.8 Å². The Labute approximate surface area is 127 Å². The van der Waals surface area contributed by atoms with Gasteiger partial charge in [0.1, 0.15) is 5.60 Å². The third-order valence-electron chi connectivity index (χ3n) is 3.94. The fraction of sp³-hybridized carbons (Fsp3) is 0.875. The second kappa shape index (κ2) is 7.66. The molecule has 0 spiro atoms. The van der Waals surface area contributed by atoms with Gasteiger partial charge < -0.3 is 14.7 Å². The van der Waals surface area contributed by atoms with Gasteiger partial charge in [0.05, 0.1) is 5.92 Å². The van der Waals surface area contributed by atoms with E-state index in [2.05, 4.69) is 0 Å². The Kier molecular flexibility index (Phi) is 6.49. The highest BCUT2D eigenvalue weighted by Gasteiger charge is 2.28. The summed E-state index contributed by atoms with van der Waals surface area (Å²) in [5, 5.41) is 9.09. The number of carboxylic acid groups (broad SMARTS) is 1. The van der Waals surface area contributed by atoms with Crippen molar-refractivity contribution in [3.63, 3.8) is 0 Å². The van der Waals surface area contributed by atoms with Gasteiger partial charge in [-0.1, -0.05) is 6.92 Å². The molecule has 1 fully saturated rings. The van der Waals surface area contributed by atoms with Crippen molar-refractivity contribution in [1.29, 1.82) is 0 Å². The standard InChI is InChI=1S/C16H29NO4/c1-5-13(14(18)19)9-8-12-7-6-10-17(11-12)15(20)21-16(2,3)4/h12-13H,5-11H2,1-4H3,(H,18,19). The zero-order valence-corrected chi connectivity index (χ0v) is 13.7. The lowest BCUT2D eigenvalue weighted by atomic mass is 9.89. The van der Waals surface area contributed by atoms with Crippen molar-refractivity contribution in [3.05, 3.63) is 0 Å². The normalized spacial score (nSPS) is 21.0. The van der Waals surface area contributed by atoms with Crippen molar-refractivity contribution in [2.45, 2.75) is 65.4 Å². The number of ether oxygens (including phenoxy) is 1. The van der Waals surface area contributed by atoms with Gasteiger partial charge in [0.15, 0.2) is 0 Å². The lowest BCUT2D eigenvalue weighted by Gasteiger charge is -2.34. The maximum Gasteiger partial charge on any atom is 0.410 e. The molecule has 2 atom stereocenters. The predicted octanol–water partition coefficient (Wildman–Crippen LogP) is 3.52. The molecule has 2 unspecified atom stereocenters. The highest BCUT2D eigenvalue weighted by molar-refractivity contribution is 5.69. The molecule has 0 aromatic carbocycles. The van der Waals surface area contributed by atoms with Crippen LogP contribution in [0.4, 0.5) is 4.79 Å². The Bertz CT molecular complexity index is 362. The Morgan fingerprint density at radius 2 is 2.05 bits per heavy atom. The number of carbonyl (C=O) groups excluding carboxylic acids is 1. The molecule has 1 rings (SSSR count). The summed E-state index contributed by atoms with van der Waals surface area (Å²) in [6.07, 6.45) is 4.00. The SMILES string of the molecule is CCC(CCC1CCCN(C(=O)OC(C)(C)C)C1)C(=O)O. The van der Waals surface area contributed by atoms with Gasteiger partial charge >= 0.3 is 12.1 Å². The topological polar surface area (TPSA) is 66.8 Å². The minimum absolute atomic E-state index is 0.252. The van der Waals surface area contributed by atoms with Crippen LogP contribution < -0.4 is 0 Å². The number of likely N-dealkylation sites (tertiary alicyclic amines) is 1. The van der Waals surface area contributed by atoms with E-state index in [0.29, 0.717) is 25.3 Å². The van der Waals surface area contributed by atoms with Crippen molar-refractivity contribution in [3.8, 4) is 0 Å². The van der Waals surface area contributed by atoms with Gasteiger partial charge in [0.25, 0.3) is 0 Å². The molecule has 0 aromatic heterocycles. The number of hydrogen-bond acceptors (Lipinski definition) is 3. The lowest BCUT2D eigenvalue weighted by molar-refractivity contribution is -0.142. The lowest BCUT2D eigenvalue weighted by Crippen LogP contribution is -2.43. The summed E-state index contributed by atoms with van der Waals surface area (Å²) in [5.41, 5.74) is -0.472. The predicted molar refractivity (Wildman–Crippen MR) is 81.2 cm³/mol. The molecule has 122 valence electrons. The molecule has 0 saturated carbocycles. The number of carboxylic acids is 1. The van der Waals surface area contributed by atoms with Crippen LogP contribution >= 0.6 is 0 Å². The number of piperidine rings is 1. The van der Waals surface area contributed by atoms with E-state index in [4.69, 9.17) is 9.84 Å². The number of nitrogens with zero attached hydrogens (tertiary/aromatic N) is 1. The van der Waals surface area contributed by atoms with Crippen molar-refractivity contribution in [2.75, 3.05) is 13.1 Å². The first kappa shape index (κ1) is 17.8. The molecule has 1 aliphatic heterocycles. The molecule has 21 heavy (non-hydrogen) atoms. The van der Waals surface area contributed by atoms with Crippen molar-refractivity contribution in [1.82, 2.24) is 4.90 Å². The molecule has 0 bridgehead atoms. The van der Waals surface area contributed by atoms with E-state index in [1.165, 1.54) is 0 Å². The molecule has 1 heterocycles. The maximum atomic E-state index is 12.1. The van der Waals surface area contributed by atoms with Gasteiger partial charge in [-0.25, -0.2) is 4.79 Å². The molecule has 1 N–H and O–H groups in total. The Balaban J connectivity index is 2.45. The Morgan fingerprint density at radius 1 is 1.38 bits per heavy atom. The first-order valence-corrected chi connectivity index (χ1v) is 7.93. The van der Waals surface area contributed by atoms with Gasteiger partial charge in [0.2, 0.25) is 0 Å². The highest BCUT2D eigenvalue weighted by atomic mass is 16.6. The van der Waals surface area contributed by atoms with Crippen LogP contribution in [0.5, 0.6) is 0 Å². The second-order valence-electron chi connectivity index (χ2n) is 6.96. The monoisotopic (exact) mass is 299 g/mol. The molecule has 0 radical (unpaired) electrons. The van der Waals surface area contributed by atoms with E-state index in [9.17, 15) is 9.59 Å². The fourth-order valence-electron chi connectivity index (χ4n) is 2.73. The fourth-order valence-corrected chi connectivity index (χ4v) is 2.73. The molecule has 5 nitrogen and oxygen atoms in total. The largest absolute Gasteiger partial charge is 0.481 e. The molecule has 1 amide bonds. The molecule has 0 aliphatic carbocycles. The zero-order valence-electron chi connectivity index (χ0n) is 13.7. The van der Waals surface area contributed by atoms with Crippen LogP contribution in [-0.4, -0.2) is 40.8 Å². The second-order valence-corrected chi connectivity index (χ2v) is 6.96. The van der Waals surface area contributed by atoms with E-state index >= 15 is 0 Å². The van der Waals surface area contributed by atoms with E-state index in [0.717, 1.165) is 25.8 Å². The number of carbonyl (C=O) groups is 2. The molecule has 5 heteroatoms. The summed E-state index contributed by atoms with van der Waals surface area (Å²) < 4.78 is 5.40. The summed E-state index contributed by atoms with van der Waals surface area (Å²) in [6.45, 7) is 8.93. The van der Waals surface area contributed by atoms with Gasteiger partial charge in [0, 0.05) is 13.1 Å². The smallest absolute Gasteiger partial charge is 0.410 e. The average Bonchev–Trinajstić information content (AvgIpc) is 2.37. The molecule has 0 aromatic rings. The molecule has 1 aliphatic rings. The number of hydrogen-bond donors (Lipinski definition) is 1. The van der Waals surface area contributed by atoms with Crippen molar-refractivity contribution >= 4 is 12.1 Å². The minimum atomic E-state index is -0.711. The zero-order chi connectivity index (χ0) is 16.0. The van der Waals surface area contributed by atoms with E-state index in [1.54, 1.807) is 4.90 Å². The van der Waals surface area contributed by atoms with Crippen LogP contribution in [0.1, 0.15) is 59.8 Å². The summed E-state index contributed by atoms with van der Waals surface area (Å²) in [7, 11) is 0. The molecular formula is C16H29NO4. The first-order chi connectivity index (χ1) is 9.73. The number of rotatable bonds is 5. The quantitative estimate of drug-likeness (QED) is 0.843. The summed E-state index contributed by atoms with van der Waals surface area (Å²) in [5.74, 6) is -0.584. The van der Waals surface area contributed by atoms with Crippen molar-refractivity contribution < 1.29 is 19.4 Å². The summed E-state index contributed by atoms with van der Waals surface area (Å²) in [4.78, 5) is 24.9. The maximum absolute atomic E-state index is 12.1. The minimum Gasteiger partial charge on any atom is -0.481 e. The first-order valence-electron chi connectivity index (χ1n) is 7.93. The van der Waals surface area contributed by atoms with Crippen LogP contribution in [0, 0.1) is 11.8 Å². The van der Waals surface area contributed by atoms with Crippen LogP contribution in [0.25, 0.3) is 0 Å². The molecule has 1 saturated heterocycles. The number of amides is 1. The average molecular weight is 299 g/mol. The van der Waals surface area contributed by atoms with Gasteiger partial charge in [-0.2, -0.15) is 0 Å². The van der Waals surface area contributed by atoms with E-state index < -0.39 is 11.6 Å². The highest BCUT2D eigenvalue weighted by Crippen LogP contribution is 2.25. The summed E-state index contributed by atoms with van der Waals surface area (Å²) in [6, 6.07) is 0. The van der Waals surface area contributed by atoms with Crippen LogP contribution in [0.15, 0.2) is 0 Å². The van der Waals surface area contributed by atoms with E-state index in [1.807, 2.05) is 27.7 Å². The Morgan fingerprint density at radius 3 is 2.57 bits per heavy atom. The van der Waals surface area contributed by atoms with Gasteiger partial charge in [-0.15, -0.1) is 0 Å².